The highest BCUT2D eigenvalue weighted by Crippen LogP contribution is 2.34. The lowest BCUT2D eigenvalue weighted by atomic mass is 9.90. The van der Waals surface area contributed by atoms with Crippen LogP contribution in [-0.4, -0.2) is 36.9 Å². The Balaban J connectivity index is 1.65. The number of sulfone groups is 1. The smallest absolute Gasteiger partial charge is 0.325 e. The molecule has 2 aromatic carbocycles. The molecule has 1 saturated heterocycles. The SMILES string of the molecule is CC(c1ccnc2c(Cl)cccc12)C1NC(=O)N(c2ccc(S(=O)(=O)C(F)(F)F)cc2)C1=O. The Morgan fingerprint density at radius 1 is 1.09 bits per heavy atom. The summed E-state index contributed by atoms with van der Waals surface area (Å²) in [7, 11) is -5.55. The predicted molar refractivity (Wildman–Crippen MR) is 115 cm³/mol. The Hall–Kier alpha value is -3.18. The maximum Gasteiger partial charge on any atom is 0.501 e. The van der Waals surface area contributed by atoms with Gasteiger partial charge in [-0.05, 0) is 42.0 Å². The summed E-state index contributed by atoms with van der Waals surface area (Å²) in [4.78, 5) is 29.7. The normalized spacial score (nSPS) is 18.0. The standard InChI is InChI=1S/C21H15ClF3N3O4S/c1-11(14-9-10-26-18-15(14)3-2-4-16(18)22)17-19(29)28(20(30)27-17)12-5-7-13(8-6-12)33(31,32)21(23,24)25/h2-11,17H,1H3,(H,27,30). The van der Waals surface area contributed by atoms with Gasteiger partial charge in [0.2, 0.25) is 0 Å². The van der Waals surface area contributed by atoms with E-state index in [9.17, 15) is 31.2 Å². The third-order valence-corrected chi connectivity index (χ3v) is 7.23. The van der Waals surface area contributed by atoms with Crippen LogP contribution in [0.2, 0.25) is 5.02 Å². The Morgan fingerprint density at radius 3 is 2.39 bits per heavy atom. The van der Waals surface area contributed by atoms with E-state index in [-0.39, 0.29) is 5.69 Å². The second-order valence-electron chi connectivity index (χ2n) is 7.37. The Bertz CT molecular complexity index is 1380. The second-order valence-corrected chi connectivity index (χ2v) is 9.72. The maximum atomic E-state index is 13.1. The number of nitrogens with one attached hydrogen (secondary N) is 1. The van der Waals surface area contributed by atoms with Crippen LogP contribution < -0.4 is 10.2 Å². The molecule has 172 valence electrons. The minimum Gasteiger partial charge on any atom is -0.325 e. The number of alkyl halides is 3. The molecule has 1 N–H and O–H groups in total. The van der Waals surface area contributed by atoms with Gasteiger partial charge < -0.3 is 5.32 Å². The third kappa shape index (κ3) is 3.80. The third-order valence-electron chi connectivity index (χ3n) is 5.42. The molecule has 0 aliphatic carbocycles. The lowest BCUT2D eigenvalue weighted by Crippen LogP contribution is -2.35. The molecule has 0 radical (unpaired) electrons. The lowest BCUT2D eigenvalue weighted by Gasteiger charge is -2.20. The van der Waals surface area contributed by atoms with E-state index in [2.05, 4.69) is 10.3 Å². The van der Waals surface area contributed by atoms with Crippen LogP contribution >= 0.6 is 11.6 Å². The van der Waals surface area contributed by atoms with E-state index in [4.69, 9.17) is 11.6 Å². The number of fused-ring (bicyclic) bond motifs is 1. The summed E-state index contributed by atoms with van der Waals surface area (Å²) in [5.74, 6) is -1.13. The van der Waals surface area contributed by atoms with Gasteiger partial charge in [0.15, 0.2) is 0 Å². The van der Waals surface area contributed by atoms with Gasteiger partial charge in [-0.25, -0.2) is 18.1 Å². The van der Waals surface area contributed by atoms with Crippen LogP contribution in [0, 0.1) is 0 Å². The van der Waals surface area contributed by atoms with Crippen molar-refractivity contribution in [1.82, 2.24) is 10.3 Å². The number of halogens is 4. The second kappa shape index (κ2) is 7.99. The first kappa shape index (κ1) is 23.0. The van der Waals surface area contributed by atoms with Crippen molar-refractivity contribution >= 4 is 50.0 Å². The fourth-order valence-corrected chi connectivity index (χ4v) is 4.71. The first-order valence-corrected chi connectivity index (χ1v) is 11.4. The van der Waals surface area contributed by atoms with E-state index in [0.717, 1.165) is 22.6 Å². The van der Waals surface area contributed by atoms with Gasteiger partial charge in [0.25, 0.3) is 15.7 Å². The average Bonchev–Trinajstić information content (AvgIpc) is 3.06. The van der Waals surface area contributed by atoms with E-state index < -0.39 is 44.1 Å². The van der Waals surface area contributed by atoms with Crippen LogP contribution in [0.1, 0.15) is 18.4 Å². The molecule has 2 unspecified atom stereocenters. The summed E-state index contributed by atoms with van der Waals surface area (Å²) >= 11 is 6.20. The van der Waals surface area contributed by atoms with Crippen molar-refractivity contribution in [2.24, 2.45) is 0 Å². The molecular weight excluding hydrogens is 483 g/mol. The zero-order chi connectivity index (χ0) is 24.1. The molecule has 12 heteroatoms. The molecule has 1 aliphatic heterocycles. The molecule has 1 fully saturated rings. The van der Waals surface area contributed by atoms with Gasteiger partial charge in [0, 0.05) is 17.5 Å². The maximum absolute atomic E-state index is 13.1. The Morgan fingerprint density at radius 2 is 1.76 bits per heavy atom. The van der Waals surface area contributed by atoms with Gasteiger partial charge in [-0.15, -0.1) is 0 Å². The monoisotopic (exact) mass is 497 g/mol. The summed E-state index contributed by atoms with van der Waals surface area (Å²) < 4.78 is 61.3. The number of amides is 3. The van der Waals surface area contributed by atoms with Gasteiger partial charge in [-0.1, -0.05) is 30.7 Å². The zero-order valence-corrected chi connectivity index (χ0v) is 18.4. The van der Waals surface area contributed by atoms with Gasteiger partial charge in [-0.2, -0.15) is 13.2 Å². The number of aromatic nitrogens is 1. The van der Waals surface area contributed by atoms with E-state index in [1.807, 2.05) is 0 Å². The molecular formula is C21H15ClF3N3O4S. The minimum atomic E-state index is -5.55. The molecule has 0 saturated carbocycles. The summed E-state index contributed by atoms with van der Waals surface area (Å²) in [6.07, 6.45) is 1.54. The first-order valence-electron chi connectivity index (χ1n) is 9.52. The molecule has 3 aromatic rings. The number of urea groups is 1. The van der Waals surface area contributed by atoms with Crippen LogP contribution in [0.3, 0.4) is 0 Å². The van der Waals surface area contributed by atoms with Crippen molar-refractivity contribution in [3.8, 4) is 0 Å². The Kier molecular flexibility index (Phi) is 5.57. The molecule has 1 aliphatic rings. The van der Waals surface area contributed by atoms with Crippen molar-refractivity contribution in [2.45, 2.75) is 29.3 Å². The van der Waals surface area contributed by atoms with Crippen molar-refractivity contribution in [1.29, 1.82) is 0 Å². The summed E-state index contributed by atoms with van der Waals surface area (Å²) in [6.45, 7) is 1.74. The van der Waals surface area contributed by atoms with E-state index in [0.29, 0.717) is 28.1 Å². The van der Waals surface area contributed by atoms with Crippen LogP contribution in [0.4, 0.5) is 23.7 Å². The summed E-state index contributed by atoms with van der Waals surface area (Å²) in [5, 5.41) is 3.72. The molecule has 2 atom stereocenters. The topological polar surface area (TPSA) is 96.4 Å². The summed E-state index contributed by atoms with van der Waals surface area (Å²) in [6, 6.07) is 8.53. The fraction of sp³-hybridized carbons (Fsp3) is 0.190. The molecule has 3 amide bonds. The largest absolute Gasteiger partial charge is 0.501 e. The van der Waals surface area contributed by atoms with Crippen molar-refractivity contribution in [3.63, 3.8) is 0 Å². The number of carbonyl (C=O) groups is 2. The van der Waals surface area contributed by atoms with Crippen molar-refractivity contribution in [2.75, 3.05) is 4.90 Å². The van der Waals surface area contributed by atoms with Crippen molar-refractivity contribution < 1.29 is 31.2 Å². The van der Waals surface area contributed by atoms with Gasteiger partial charge in [-0.3, -0.25) is 9.78 Å². The number of hydrogen-bond donors (Lipinski definition) is 1. The van der Waals surface area contributed by atoms with Gasteiger partial charge >= 0.3 is 11.5 Å². The van der Waals surface area contributed by atoms with Crippen LogP contribution in [0.15, 0.2) is 59.6 Å². The van der Waals surface area contributed by atoms with E-state index >= 15 is 0 Å². The number of imide groups is 1. The van der Waals surface area contributed by atoms with Crippen LogP contribution in [0.5, 0.6) is 0 Å². The van der Waals surface area contributed by atoms with Crippen LogP contribution in [0.25, 0.3) is 10.9 Å². The molecule has 1 aromatic heterocycles. The quantitative estimate of drug-likeness (QED) is 0.539. The minimum absolute atomic E-state index is 0.0593. The lowest BCUT2D eigenvalue weighted by molar-refractivity contribution is -0.118. The highest BCUT2D eigenvalue weighted by molar-refractivity contribution is 7.92. The van der Waals surface area contributed by atoms with E-state index in [1.54, 1.807) is 37.4 Å². The molecule has 0 bridgehead atoms. The zero-order valence-electron chi connectivity index (χ0n) is 16.8. The molecule has 4 rings (SSSR count). The number of benzene rings is 2. The van der Waals surface area contributed by atoms with E-state index in [1.165, 1.54) is 0 Å². The Labute approximate surface area is 191 Å². The number of carbonyl (C=O) groups excluding carboxylic acids is 2. The fourth-order valence-electron chi connectivity index (χ4n) is 3.73. The van der Waals surface area contributed by atoms with Crippen LogP contribution in [-0.2, 0) is 14.6 Å². The molecule has 0 spiro atoms. The van der Waals surface area contributed by atoms with Crippen molar-refractivity contribution in [3.05, 3.63) is 65.3 Å². The average molecular weight is 498 g/mol. The first-order chi connectivity index (χ1) is 15.4. The number of rotatable bonds is 4. The number of hydrogen-bond acceptors (Lipinski definition) is 5. The number of nitrogens with zero attached hydrogens (tertiary/aromatic N) is 2. The predicted octanol–water partition coefficient (Wildman–Crippen LogP) is 4.41. The number of pyridine rings is 1. The highest BCUT2D eigenvalue weighted by atomic mass is 35.5. The van der Waals surface area contributed by atoms with Gasteiger partial charge in [0.05, 0.1) is 21.1 Å². The highest BCUT2D eigenvalue weighted by Gasteiger charge is 2.47. The molecule has 33 heavy (non-hydrogen) atoms. The summed E-state index contributed by atoms with van der Waals surface area (Å²) in [5.41, 5.74) is -4.27. The molecule has 2 heterocycles. The molecule has 7 nitrogen and oxygen atoms in total. The number of para-hydroxylation sites is 1. The van der Waals surface area contributed by atoms with Gasteiger partial charge in [0.1, 0.15) is 6.04 Å². The number of anilines is 1.